The summed E-state index contributed by atoms with van der Waals surface area (Å²) < 4.78 is 0. The highest BCUT2D eigenvalue weighted by Gasteiger charge is 2.26. The summed E-state index contributed by atoms with van der Waals surface area (Å²) in [6, 6.07) is 7.45. The van der Waals surface area contributed by atoms with Crippen molar-refractivity contribution in [2.45, 2.75) is 16.7 Å². The Kier molecular flexibility index (Phi) is 3.23. The van der Waals surface area contributed by atoms with E-state index < -0.39 is 11.5 Å². The summed E-state index contributed by atoms with van der Waals surface area (Å²) in [7, 11) is 1.70. The third-order valence-electron chi connectivity index (χ3n) is 2.51. The van der Waals surface area contributed by atoms with Gasteiger partial charge in [0, 0.05) is 11.9 Å². The molecule has 1 aromatic carbocycles. The predicted molar refractivity (Wildman–Crippen MR) is 65.3 cm³/mol. The van der Waals surface area contributed by atoms with Gasteiger partial charge in [-0.2, -0.15) is 0 Å². The van der Waals surface area contributed by atoms with Crippen molar-refractivity contribution in [3.63, 3.8) is 0 Å². The second kappa shape index (κ2) is 4.67. The van der Waals surface area contributed by atoms with Crippen LogP contribution in [0.15, 0.2) is 29.2 Å². The third kappa shape index (κ3) is 2.52. The Hall–Kier alpha value is -1.69. The number of hydrogen-bond donors (Lipinski definition) is 2. The largest absolute Gasteiger partial charge is 0.465 e. The maximum atomic E-state index is 11.8. The van der Waals surface area contributed by atoms with Crippen molar-refractivity contribution < 1.29 is 14.7 Å². The molecule has 2 rings (SSSR count). The average Bonchev–Trinajstić information content (AvgIpc) is 2.37. The number of carboxylic acid groups (broad SMARTS) is 1. The van der Waals surface area contributed by atoms with Crippen molar-refractivity contribution in [1.82, 2.24) is 5.32 Å². The lowest BCUT2D eigenvalue weighted by Gasteiger charge is -2.16. The van der Waals surface area contributed by atoms with Gasteiger partial charge in [-0.3, -0.25) is 4.79 Å². The van der Waals surface area contributed by atoms with E-state index in [9.17, 15) is 9.59 Å². The van der Waals surface area contributed by atoms with E-state index >= 15 is 0 Å². The summed E-state index contributed by atoms with van der Waals surface area (Å²) in [6.45, 7) is 0. The molecule has 0 aromatic heterocycles. The smallest absolute Gasteiger partial charge is 0.405 e. The van der Waals surface area contributed by atoms with E-state index in [0.29, 0.717) is 0 Å². The molecule has 2 N–H and O–H groups in total. The van der Waals surface area contributed by atoms with Crippen LogP contribution < -0.4 is 10.2 Å². The maximum absolute atomic E-state index is 11.8. The number of fused-ring (bicyclic) bond motifs is 1. The number of carbonyl (C=O) groups is 2. The lowest BCUT2D eigenvalue weighted by Crippen LogP contribution is -2.35. The predicted octanol–water partition coefficient (Wildman–Crippen LogP) is 1.74. The zero-order chi connectivity index (χ0) is 12.4. The minimum Gasteiger partial charge on any atom is -0.465 e. The van der Waals surface area contributed by atoms with Gasteiger partial charge in [0.25, 0.3) is 0 Å². The molecule has 0 bridgehead atoms. The Morgan fingerprint density at radius 3 is 2.94 bits per heavy atom. The zero-order valence-corrected chi connectivity index (χ0v) is 10.0. The van der Waals surface area contributed by atoms with Crippen LogP contribution in [-0.4, -0.2) is 29.5 Å². The highest BCUT2D eigenvalue weighted by molar-refractivity contribution is 8.00. The van der Waals surface area contributed by atoms with E-state index in [0.717, 1.165) is 10.6 Å². The van der Waals surface area contributed by atoms with Gasteiger partial charge in [0.15, 0.2) is 0 Å². The van der Waals surface area contributed by atoms with Gasteiger partial charge in [-0.25, -0.2) is 4.79 Å². The van der Waals surface area contributed by atoms with Gasteiger partial charge in [-0.15, -0.1) is 0 Å². The van der Waals surface area contributed by atoms with Gasteiger partial charge >= 0.3 is 6.09 Å². The molecule has 1 aliphatic heterocycles. The minimum absolute atomic E-state index is 0.0961. The van der Waals surface area contributed by atoms with Crippen molar-refractivity contribution in [2.75, 3.05) is 11.9 Å². The number of nitrogens with zero attached hydrogens (tertiary/aromatic N) is 1. The van der Waals surface area contributed by atoms with Gasteiger partial charge in [0.05, 0.1) is 17.5 Å². The molecule has 1 aliphatic rings. The zero-order valence-electron chi connectivity index (χ0n) is 9.21. The van der Waals surface area contributed by atoms with E-state index in [1.165, 1.54) is 11.8 Å². The van der Waals surface area contributed by atoms with Gasteiger partial charge in [-0.1, -0.05) is 23.9 Å². The van der Waals surface area contributed by atoms with Crippen LogP contribution in [-0.2, 0) is 4.79 Å². The van der Waals surface area contributed by atoms with Crippen molar-refractivity contribution >= 4 is 29.4 Å². The van der Waals surface area contributed by atoms with Crippen LogP contribution in [0.5, 0.6) is 0 Å². The summed E-state index contributed by atoms with van der Waals surface area (Å²) in [5.41, 5.74) is 0.817. The molecule has 0 saturated carbocycles. The molecule has 2 amide bonds. The van der Waals surface area contributed by atoms with E-state index in [4.69, 9.17) is 5.11 Å². The SMILES string of the molecule is CN1C(=O)CC(NC(=O)O)Sc2ccccc21. The lowest BCUT2D eigenvalue weighted by atomic mass is 10.3. The fourth-order valence-electron chi connectivity index (χ4n) is 1.68. The normalized spacial score (nSPS) is 19.5. The number of para-hydroxylation sites is 1. The molecule has 0 radical (unpaired) electrons. The number of amides is 2. The second-order valence-corrected chi connectivity index (χ2v) is 4.93. The van der Waals surface area contributed by atoms with E-state index in [1.807, 2.05) is 24.3 Å². The fourth-order valence-corrected chi connectivity index (χ4v) is 2.85. The minimum atomic E-state index is -1.11. The quantitative estimate of drug-likeness (QED) is 0.798. The number of benzene rings is 1. The Bertz CT molecular complexity index is 464. The van der Waals surface area contributed by atoms with Crippen LogP contribution in [0.3, 0.4) is 0 Å². The lowest BCUT2D eigenvalue weighted by molar-refractivity contribution is -0.118. The first kappa shape index (κ1) is 11.8. The van der Waals surface area contributed by atoms with Crippen molar-refractivity contribution in [2.24, 2.45) is 0 Å². The number of rotatable bonds is 1. The number of nitrogens with one attached hydrogen (secondary N) is 1. The first-order valence-electron chi connectivity index (χ1n) is 5.09. The van der Waals surface area contributed by atoms with Crippen LogP contribution in [0.2, 0.25) is 0 Å². The van der Waals surface area contributed by atoms with Gasteiger partial charge in [0.1, 0.15) is 0 Å². The van der Waals surface area contributed by atoms with Crippen LogP contribution in [0.25, 0.3) is 0 Å². The Balaban J connectivity index is 2.32. The van der Waals surface area contributed by atoms with E-state index in [-0.39, 0.29) is 12.3 Å². The van der Waals surface area contributed by atoms with Gasteiger partial charge in [-0.05, 0) is 12.1 Å². The first-order valence-corrected chi connectivity index (χ1v) is 5.97. The Labute approximate surface area is 103 Å². The summed E-state index contributed by atoms with van der Waals surface area (Å²) in [5.74, 6) is -0.0961. The van der Waals surface area contributed by atoms with Crippen molar-refractivity contribution in [3.8, 4) is 0 Å². The molecule has 6 heteroatoms. The monoisotopic (exact) mass is 252 g/mol. The average molecular weight is 252 g/mol. The molecule has 0 saturated heterocycles. The second-order valence-electron chi connectivity index (χ2n) is 3.68. The summed E-state index contributed by atoms with van der Waals surface area (Å²) in [6.07, 6.45) is -0.959. The standard InChI is InChI=1S/C11H12N2O3S/c1-13-7-4-2-3-5-8(7)17-9(6-10(13)14)12-11(15)16/h2-5,9,12H,6H2,1H3,(H,15,16). The molecule has 1 atom stereocenters. The highest BCUT2D eigenvalue weighted by Crippen LogP contribution is 2.36. The molecule has 0 fully saturated rings. The Morgan fingerprint density at radius 2 is 2.24 bits per heavy atom. The molecule has 0 aliphatic carbocycles. The summed E-state index contributed by atoms with van der Waals surface area (Å²) in [5, 5.41) is 10.6. The van der Waals surface area contributed by atoms with Crippen LogP contribution in [0, 0.1) is 0 Å². The topological polar surface area (TPSA) is 69.6 Å². The number of thioether (sulfide) groups is 1. The first-order chi connectivity index (χ1) is 8.08. The van der Waals surface area contributed by atoms with Crippen molar-refractivity contribution in [1.29, 1.82) is 0 Å². The number of hydrogen-bond acceptors (Lipinski definition) is 3. The van der Waals surface area contributed by atoms with Gasteiger partial charge < -0.3 is 15.3 Å². The van der Waals surface area contributed by atoms with Crippen LogP contribution >= 0.6 is 11.8 Å². The molecule has 1 aromatic rings. The summed E-state index contributed by atoms with van der Waals surface area (Å²) >= 11 is 1.36. The number of carbonyl (C=O) groups excluding carboxylic acids is 1. The van der Waals surface area contributed by atoms with E-state index in [2.05, 4.69) is 5.32 Å². The molecule has 5 nitrogen and oxygen atoms in total. The molecule has 1 heterocycles. The molecule has 17 heavy (non-hydrogen) atoms. The molecule has 0 spiro atoms. The molecular weight excluding hydrogens is 240 g/mol. The molecule has 1 unspecified atom stereocenters. The maximum Gasteiger partial charge on any atom is 0.405 e. The van der Waals surface area contributed by atoms with E-state index in [1.54, 1.807) is 11.9 Å². The van der Waals surface area contributed by atoms with Crippen molar-refractivity contribution in [3.05, 3.63) is 24.3 Å². The summed E-state index contributed by atoms with van der Waals surface area (Å²) in [4.78, 5) is 24.9. The molecular formula is C11H12N2O3S. The third-order valence-corrected chi connectivity index (χ3v) is 3.68. The highest BCUT2D eigenvalue weighted by atomic mass is 32.2. The van der Waals surface area contributed by atoms with Crippen LogP contribution in [0.4, 0.5) is 10.5 Å². The number of anilines is 1. The fraction of sp³-hybridized carbons (Fsp3) is 0.273. The molecule has 90 valence electrons. The Morgan fingerprint density at radius 1 is 1.53 bits per heavy atom. The van der Waals surface area contributed by atoms with Crippen LogP contribution in [0.1, 0.15) is 6.42 Å². The van der Waals surface area contributed by atoms with Gasteiger partial charge in [0.2, 0.25) is 5.91 Å².